The molecule has 1 saturated carbocycles. The van der Waals surface area contributed by atoms with Gasteiger partial charge in [0.15, 0.2) is 0 Å². The van der Waals surface area contributed by atoms with E-state index in [9.17, 15) is 14.7 Å². The van der Waals surface area contributed by atoms with Crippen LogP contribution >= 0.6 is 0 Å². The Morgan fingerprint density at radius 3 is 2.43 bits per heavy atom. The second-order valence-electron chi connectivity index (χ2n) is 5.63. The number of carbonyl (C=O) groups is 2. The van der Waals surface area contributed by atoms with E-state index in [0.29, 0.717) is 25.3 Å². The summed E-state index contributed by atoms with van der Waals surface area (Å²) in [4.78, 5) is 25.2. The smallest absolute Gasteiger partial charge is 0.411 e. The maximum absolute atomic E-state index is 12.2. The molecule has 1 aliphatic carbocycles. The third kappa shape index (κ3) is 3.01. The van der Waals surface area contributed by atoms with Gasteiger partial charge in [0.25, 0.3) is 0 Å². The fourth-order valence-electron chi connectivity index (χ4n) is 3.01. The molecule has 0 radical (unpaired) electrons. The van der Waals surface area contributed by atoms with Crippen molar-refractivity contribution in [2.75, 3.05) is 6.54 Å². The second kappa shape index (κ2) is 6.16. The average Bonchev–Trinajstić information content (AvgIpc) is 2.44. The zero-order valence-corrected chi connectivity index (χ0v) is 12.4. The number of carboxylic acids is 1. The lowest BCUT2D eigenvalue weighted by molar-refractivity contribution is -0.160. The molecule has 1 fully saturated rings. The summed E-state index contributed by atoms with van der Waals surface area (Å²) in [5.74, 6) is -0.629. The first-order chi connectivity index (χ1) is 9.99. The van der Waals surface area contributed by atoms with Crippen LogP contribution in [0.3, 0.4) is 0 Å². The lowest BCUT2D eigenvalue weighted by atomic mass is 9.68. The highest BCUT2D eigenvalue weighted by Gasteiger charge is 2.54. The Bertz CT molecular complexity index is 508. The molecule has 0 heterocycles. The highest BCUT2D eigenvalue weighted by molar-refractivity contribution is 5.85. The van der Waals surface area contributed by atoms with Gasteiger partial charge >= 0.3 is 12.1 Å². The van der Waals surface area contributed by atoms with Crippen molar-refractivity contribution in [2.24, 2.45) is 5.92 Å². The van der Waals surface area contributed by atoms with E-state index >= 15 is 0 Å². The monoisotopic (exact) mass is 291 g/mol. The van der Waals surface area contributed by atoms with Crippen molar-refractivity contribution in [3.63, 3.8) is 0 Å². The third-order valence-corrected chi connectivity index (χ3v) is 4.03. The minimum absolute atomic E-state index is 0.154. The highest BCUT2D eigenvalue weighted by atomic mass is 16.6. The summed E-state index contributed by atoms with van der Waals surface area (Å²) in [5.41, 5.74) is -0.213. The van der Waals surface area contributed by atoms with Crippen LogP contribution in [0.2, 0.25) is 0 Å². The maximum Gasteiger partial charge on any atom is 0.411 e. The van der Waals surface area contributed by atoms with Crippen LogP contribution in [0.15, 0.2) is 30.3 Å². The number of ether oxygens (including phenoxy) is 1. The number of likely N-dealkylation sites (N-methyl/N-ethyl adjacent to an activating group) is 1. The van der Waals surface area contributed by atoms with Crippen molar-refractivity contribution in [3.8, 4) is 0 Å². The number of nitrogens with zero attached hydrogens (tertiary/aromatic N) is 1. The van der Waals surface area contributed by atoms with E-state index in [1.807, 2.05) is 37.3 Å². The van der Waals surface area contributed by atoms with E-state index in [2.05, 4.69) is 0 Å². The van der Waals surface area contributed by atoms with Gasteiger partial charge in [-0.15, -0.1) is 0 Å². The van der Waals surface area contributed by atoms with E-state index in [1.54, 1.807) is 6.92 Å². The molecule has 5 nitrogen and oxygen atoms in total. The molecular weight excluding hydrogens is 270 g/mol. The number of hydrogen-bond acceptors (Lipinski definition) is 3. The first-order valence-electron chi connectivity index (χ1n) is 7.21. The minimum Gasteiger partial charge on any atom is -0.479 e. The van der Waals surface area contributed by atoms with Gasteiger partial charge < -0.3 is 9.84 Å². The van der Waals surface area contributed by atoms with E-state index in [1.165, 1.54) is 4.90 Å². The Morgan fingerprint density at radius 1 is 1.33 bits per heavy atom. The van der Waals surface area contributed by atoms with Gasteiger partial charge in [0.1, 0.15) is 12.1 Å². The number of aliphatic carboxylic acids is 1. The molecule has 2 rings (SSSR count). The number of carbonyl (C=O) groups excluding carboxylic acids is 1. The topological polar surface area (TPSA) is 66.8 Å². The van der Waals surface area contributed by atoms with Crippen LogP contribution in [0, 0.1) is 5.92 Å². The predicted molar refractivity (Wildman–Crippen MR) is 77.8 cm³/mol. The Kier molecular flexibility index (Phi) is 4.50. The molecule has 1 aliphatic rings. The number of amides is 1. The molecule has 1 aromatic carbocycles. The van der Waals surface area contributed by atoms with Gasteiger partial charge in [0.2, 0.25) is 0 Å². The predicted octanol–water partition coefficient (Wildman–Crippen LogP) is 2.90. The van der Waals surface area contributed by atoms with Crippen LogP contribution in [0.4, 0.5) is 4.79 Å². The van der Waals surface area contributed by atoms with Gasteiger partial charge in [-0.05, 0) is 31.2 Å². The minimum atomic E-state index is -1.10. The van der Waals surface area contributed by atoms with Gasteiger partial charge in [-0.25, -0.2) is 9.59 Å². The summed E-state index contributed by atoms with van der Waals surface area (Å²) in [6.07, 6.45) is 0.406. The van der Waals surface area contributed by atoms with Gasteiger partial charge in [-0.2, -0.15) is 0 Å². The Balaban J connectivity index is 2.03. The Morgan fingerprint density at radius 2 is 1.95 bits per heavy atom. The van der Waals surface area contributed by atoms with Crippen LogP contribution in [0.5, 0.6) is 0 Å². The normalized spacial score (nSPS) is 24.0. The van der Waals surface area contributed by atoms with Crippen molar-refractivity contribution in [3.05, 3.63) is 35.9 Å². The van der Waals surface area contributed by atoms with Crippen LogP contribution in [0.25, 0.3) is 0 Å². The fourth-order valence-corrected chi connectivity index (χ4v) is 3.01. The van der Waals surface area contributed by atoms with Crippen molar-refractivity contribution >= 4 is 12.1 Å². The van der Waals surface area contributed by atoms with Crippen molar-refractivity contribution < 1.29 is 19.4 Å². The SMILES string of the molecule is CCN(C(=O)OCc1ccccc1)C1(C(=O)O)CC(C)C1. The first-order valence-corrected chi connectivity index (χ1v) is 7.21. The number of benzene rings is 1. The molecule has 0 aromatic heterocycles. The van der Waals surface area contributed by atoms with Crippen molar-refractivity contribution in [2.45, 2.75) is 38.8 Å². The van der Waals surface area contributed by atoms with E-state index in [-0.39, 0.29) is 6.61 Å². The largest absolute Gasteiger partial charge is 0.479 e. The molecule has 0 bridgehead atoms. The second-order valence-corrected chi connectivity index (χ2v) is 5.63. The van der Waals surface area contributed by atoms with E-state index < -0.39 is 17.6 Å². The summed E-state index contributed by atoms with van der Waals surface area (Å²) in [5, 5.41) is 9.49. The van der Waals surface area contributed by atoms with Gasteiger partial charge in [-0.1, -0.05) is 37.3 Å². The van der Waals surface area contributed by atoms with E-state index in [0.717, 1.165) is 5.56 Å². The summed E-state index contributed by atoms with van der Waals surface area (Å²) in [6.45, 7) is 4.25. The molecule has 5 heteroatoms. The van der Waals surface area contributed by atoms with Crippen LogP contribution < -0.4 is 0 Å². The number of hydrogen-bond donors (Lipinski definition) is 1. The molecule has 0 saturated heterocycles. The maximum atomic E-state index is 12.2. The summed E-state index contributed by atoms with van der Waals surface area (Å²) in [7, 11) is 0. The average molecular weight is 291 g/mol. The quantitative estimate of drug-likeness (QED) is 0.905. The van der Waals surface area contributed by atoms with Crippen LogP contribution in [-0.4, -0.2) is 34.2 Å². The molecule has 0 unspecified atom stereocenters. The summed E-state index contributed by atoms with van der Waals surface area (Å²) >= 11 is 0. The summed E-state index contributed by atoms with van der Waals surface area (Å²) < 4.78 is 5.27. The molecule has 1 aromatic rings. The molecule has 114 valence electrons. The number of carboxylic acid groups (broad SMARTS) is 1. The summed E-state index contributed by atoms with van der Waals surface area (Å²) in [6, 6.07) is 9.35. The third-order valence-electron chi connectivity index (χ3n) is 4.03. The van der Waals surface area contributed by atoms with E-state index in [4.69, 9.17) is 4.74 Å². The number of rotatable bonds is 5. The molecule has 0 atom stereocenters. The fraction of sp³-hybridized carbons (Fsp3) is 0.500. The lowest BCUT2D eigenvalue weighted by Gasteiger charge is -2.49. The first kappa shape index (κ1) is 15.4. The van der Waals surface area contributed by atoms with Gasteiger partial charge in [0, 0.05) is 6.54 Å². The molecule has 21 heavy (non-hydrogen) atoms. The van der Waals surface area contributed by atoms with Gasteiger partial charge in [0.05, 0.1) is 0 Å². The lowest BCUT2D eigenvalue weighted by Crippen LogP contribution is -2.63. The Hall–Kier alpha value is -2.04. The molecule has 1 amide bonds. The zero-order chi connectivity index (χ0) is 15.5. The van der Waals surface area contributed by atoms with Crippen LogP contribution in [0.1, 0.15) is 32.3 Å². The molecule has 0 aliphatic heterocycles. The molecule has 1 N–H and O–H groups in total. The standard InChI is InChI=1S/C16H21NO4/c1-3-17(16(14(18)19)9-12(2)10-16)15(20)21-11-13-7-5-4-6-8-13/h4-8,12H,3,9-11H2,1-2H3,(H,18,19). The van der Waals surface area contributed by atoms with Crippen molar-refractivity contribution in [1.82, 2.24) is 4.90 Å². The Labute approximate surface area is 124 Å². The van der Waals surface area contributed by atoms with Crippen molar-refractivity contribution in [1.29, 1.82) is 0 Å². The zero-order valence-electron chi connectivity index (χ0n) is 12.4. The molecule has 0 spiro atoms. The molecular formula is C16H21NO4. The van der Waals surface area contributed by atoms with Crippen LogP contribution in [-0.2, 0) is 16.1 Å². The highest BCUT2D eigenvalue weighted by Crippen LogP contribution is 2.42. The van der Waals surface area contributed by atoms with Gasteiger partial charge in [-0.3, -0.25) is 4.90 Å².